The van der Waals surface area contributed by atoms with Gasteiger partial charge in [-0.2, -0.15) is 0 Å². The fraction of sp³-hybridized carbons (Fsp3) is 0.500. The van der Waals surface area contributed by atoms with E-state index in [0.717, 1.165) is 49.5 Å². The Morgan fingerprint density at radius 3 is 2.83 bits per heavy atom. The molecule has 4 rings (SSSR count). The molecular formula is C24H32N2O4. The Hall–Kier alpha value is -2.12. The van der Waals surface area contributed by atoms with Gasteiger partial charge in [-0.25, -0.2) is 0 Å². The van der Waals surface area contributed by atoms with Crippen LogP contribution < -0.4 is 14.8 Å². The SMILES string of the molecule is COc1cc(OCC(O)CN2CCOC3(CCNC3)C2)cc(-c2cccc(C)c2)c1. The maximum Gasteiger partial charge on any atom is 0.123 e. The first-order valence-electron chi connectivity index (χ1n) is 10.7. The Kier molecular flexibility index (Phi) is 6.58. The zero-order chi connectivity index (χ0) is 21.0. The van der Waals surface area contributed by atoms with E-state index >= 15 is 0 Å². The Balaban J connectivity index is 1.37. The zero-order valence-corrected chi connectivity index (χ0v) is 17.9. The summed E-state index contributed by atoms with van der Waals surface area (Å²) in [6.45, 7) is 7.20. The number of nitrogens with zero attached hydrogens (tertiary/aromatic N) is 1. The quantitative estimate of drug-likeness (QED) is 0.729. The van der Waals surface area contributed by atoms with Crippen molar-refractivity contribution in [1.29, 1.82) is 0 Å². The first-order chi connectivity index (χ1) is 14.5. The Morgan fingerprint density at radius 1 is 1.20 bits per heavy atom. The second-order valence-electron chi connectivity index (χ2n) is 8.42. The maximum absolute atomic E-state index is 10.6. The summed E-state index contributed by atoms with van der Waals surface area (Å²) >= 11 is 0. The van der Waals surface area contributed by atoms with Crippen LogP contribution in [0.1, 0.15) is 12.0 Å². The van der Waals surface area contributed by atoms with E-state index in [4.69, 9.17) is 14.2 Å². The van der Waals surface area contributed by atoms with E-state index in [1.165, 1.54) is 5.56 Å². The molecule has 2 saturated heterocycles. The van der Waals surface area contributed by atoms with Gasteiger partial charge in [0.2, 0.25) is 0 Å². The van der Waals surface area contributed by atoms with E-state index in [1.807, 2.05) is 24.3 Å². The highest BCUT2D eigenvalue weighted by Crippen LogP contribution is 2.30. The molecule has 2 aliphatic rings. The van der Waals surface area contributed by atoms with Gasteiger partial charge in [0.25, 0.3) is 0 Å². The molecule has 6 heteroatoms. The highest BCUT2D eigenvalue weighted by molar-refractivity contribution is 5.67. The second kappa shape index (κ2) is 9.35. The first-order valence-corrected chi connectivity index (χ1v) is 10.7. The fourth-order valence-corrected chi connectivity index (χ4v) is 4.37. The summed E-state index contributed by atoms with van der Waals surface area (Å²) in [5, 5.41) is 14.0. The van der Waals surface area contributed by atoms with Gasteiger partial charge in [0.1, 0.15) is 24.2 Å². The average molecular weight is 413 g/mol. The van der Waals surface area contributed by atoms with Crippen molar-refractivity contribution in [3.8, 4) is 22.6 Å². The number of aryl methyl sites for hydroxylation is 1. The molecule has 162 valence electrons. The Morgan fingerprint density at radius 2 is 2.07 bits per heavy atom. The van der Waals surface area contributed by atoms with Gasteiger partial charge in [0.15, 0.2) is 0 Å². The molecule has 2 N–H and O–H groups in total. The van der Waals surface area contributed by atoms with Gasteiger partial charge in [-0.15, -0.1) is 0 Å². The lowest BCUT2D eigenvalue weighted by Gasteiger charge is -2.40. The molecule has 2 atom stereocenters. The minimum absolute atomic E-state index is 0.0889. The summed E-state index contributed by atoms with van der Waals surface area (Å²) in [5.74, 6) is 1.44. The number of morpholine rings is 1. The van der Waals surface area contributed by atoms with Crippen LogP contribution in [-0.4, -0.2) is 74.8 Å². The van der Waals surface area contributed by atoms with Gasteiger partial charge < -0.3 is 24.6 Å². The summed E-state index contributed by atoms with van der Waals surface area (Å²) in [7, 11) is 1.65. The molecule has 1 spiro atoms. The van der Waals surface area contributed by atoms with Crippen LogP contribution in [0, 0.1) is 6.92 Å². The summed E-state index contributed by atoms with van der Waals surface area (Å²) < 4.78 is 17.4. The lowest BCUT2D eigenvalue weighted by atomic mass is 10.0. The normalized spacial score (nSPS) is 22.9. The van der Waals surface area contributed by atoms with Crippen molar-refractivity contribution in [2.75, 3.05) is 53.0 Å². The van der Waals surface area contributed by atoms with Crippen molar-refractivity contribution >= 4 is 0 Å². The van der Waals surface area contributed by atoms with Crippen LogP contribution in [0.2, 0.25) is 0 Å². The number of hydrogen-bond acceptors (Lipinski definition) is 6. The molecule has 2 unspecified atom stereocenters. The molecular weight excluding hydrogens is 380 g/mol. The third-order valence-electron chi connectivity index (χ3n) is 5.91. The minimum atomic E-state index is -0.567. The molecule has 2 aromatic carbocycles. The van der Waals surface area contributed by atoms with E-state index in [9.17, 15) is 5.11 Å². The van der Waals surface area contributed by atoms with Gasteiger partial charge >= 0.3 is 0 Å². The number of nitrogens with one attached hydrogen (secondary N) is 1. The number of ether oxygens (including phenoxy) is 3. The number of aliphatic hydroxyl groups excluding tert-OH is 1. The lowest BCUT2D eigenvalue weighted by molar-refractivity contribution is -0.104. The van der Waals surface area contributed by atoms with Crippen LogP contribution in [0.3, 0.4) is 0 Å². The van der Waals surface area contributed by atoms with E-state index in [1.54, 1.807) is 7.11 Å². The smallest absolute Gasteiger partial charge is 0.123 e. The summed E-state index contributed by atoms with van der Waals surface area (Å²) in [4.78, 5) is 2.29. The Bertz CT molecular complexity index is 851. The molecule has 2 aromatic rings. The predicted octanol–water partition coefficient (Wildman–Crippen LogP) is 2.47. The third kappa shape index (κ3) is 5.13. The third-order valence-corrected chi connectivity index (χ3v) is 5.91. The van der Waals surface area contributed by atoms with Crippen LogP contribution in [-0.2, 0) is 4.74 Å². The molecule has 2 heterocycles. The monoisotopic (exact) mass is 412 g/mol. The molecule has 0 amide bonds. The van der Waals surface area contributed by atoms with Crippen molar-refractivity contribution in [2.24, 2.45) is 0 Å². The Labute approximate surface area is 178 Å². The summed E-state index contributed by atoms with van der Waals surface area (Å²) in [6, 6.07) is 14.2. The minimum Gasteiger partial charge on any atom is -0.497 e. The van der Waals surface area contributed by atoms with Gasteiger partial charge in [-0.1, -0.05) is 29.8 Å². The number of rotatable bonds is 7. The van der Waals surface area contributed by atoms with Crippen molar-refractivity contribution in [1.82, 2.24) is 10.2 Å². The van der Waals surface area contributed by atoms with Crippen LogP contribution in [0.25, 0.3) is 11.1 Å². The number of methoxy groups -OCH3 is 1. The molecule has 0 aliphatic carbocycles. The molecule has 2 fully saturated rings. The summed E-state index contributed by atoms with van der Waals surface area (Å²) in [6.07, 6.45) is 0.463. The van der Waals surface area contributed by atoms with Gasteiger partial charge in [-0.3, -0.25) is 4.90 Å². The summed E-state index contributed by atoms with van der Waals surface area (Å²) in [5.41, 5.74) is 3.26. The van der Waals surface area contributed by atoms with Gasteiger partial charge in [0.05, 0.1) is 19.3 Å². The molecule has 2 aliphatic heterocycles. The number of benzene rings is 2. The first kappa shape index (κ1) is 21.1. The van der Waals surface area contributed by atoms with E-state index < -0.39 is 6.10 Å². The van der Waals surface area contributed by atoms with Crippen LogP contribution >= 0.6 is 0 Å². The highest BCUT2D eigenvalue weighted by atomic mass is 16.5. The topological polar surface area (TPSA) is 63.2 Å². The van der Waals surface area contributed by atoms with Crippen LogP contribution in [0.4, 0.5) is 0 Å². The average Bonchev–Trinajstić information content (AvgIpc) is 3.19. The highest BCUT2D eigenvalue weighted by Gasteiger charge is 2.39. The van der Waals surface area contributed by atoms with Gasteiger partial charge in [-0.05, 0) is 43.1 Å². The molecule has 0 saturated carbocycles. The van der Waals surface area contributed by atoms with Crippen molar-refractivity contribution in [3.63, 3.8) is 0 Å². The number of hydrogen-bond donors (Lipinski definition) is 2. The largest absolute Gasteiger partial charge is 0.497 e. The van der Waals surface area contributed by atoms with Crippen LogP contribution in [0.15, 0.2) is 42.5 Å². The second-order valence-corrected chi connectivity index (χ2v) is 8.42. The van der Waals surface area contributed by atoms with Crippen molar-refractivity contribution in [3.05, 3.63) is 48.0 Å². The van der Waals surface area contributed by atoms with Gasteiger partial charge in [0, 0.05) is 32.2 Å². The predicted molar refractivity (Wildman–Crippen MR) is 117 cm³/mol. The lowest BCUT2D eigenvalue weighted by Crippen LogP contribution is -2.54. The number of aliphatic hydroxyl groups is 1. The molecule has 0 radical (unpaired) electrons. The molecule has 6 nitrogen and oxygen atoms in total. The molecule has 0 aromatic heterocycles. The van der Waals surface area contributed by atoms with Crippen molar-refractivity contribution < 1.29 is 19.3 Å². The van der Waals surface area contributed by atoms with Crippen molar-refractivity contribution in [2.45, 2.75) is 25.0 Å². The maximum atomic E-state index is 10.6. The van der Waals surface area contributed by atoms with E-state index in [-0.39, 0.29) is 12.2 Å². The molecule has 30 heavy (non-hydrogen) atoms. The van der Waals surface area contributed by atoms with E-state index in [2.05, 4.69) is 35.3 Å². The number of β-amino-alcohol motifs (C(OH)–C–C–N with tert-alkyl or cyclic N) is 1. The fourth-order valence-electron chi connectivity index (χ4n) is 4.37. The standard InChI is InChI=1S/C24H32N2O4/c1-18-4-3-5-19(10-18)20-11-22(28-2)13-23(12-20)29-15-21(27)14-26-8-9-30-24(17-26)6-7-25-16-24/h3-5,10-13,21,25,27H,6-9,14-17H2,1-2H3. The van der Waals surface area contributed by atoms with E-state index in [0.29, 0.717) is 18.9 Å². The molecule has 0 bridgehead atoms. The zero-order valence-electron chi connectivity index (χ0n) is 17.9. The van der Waals surface area contributed by atoms with Crippen LogP contribution in [0.5, 0.6) is 11.5 Å².